The van der Waals surface area contributed by atoms with Crippen molar-refractivity contribution >= 4 is 6.21 Å². The van der Waals surface area contributed by atoms with Crippen LogP contribution in [0.4, 0.5) is 0 Å². The third-order valence-electron chi connectivity index (χ3n) is 1.86. The number of nitrogens with zero attached hydrogens (tertiary/aromatic N) is 1. The average molecular weight is 209 g/mol. The van der Waals surface area contributed by atoms with Gasteiger partial charge in [0.25, 0.3) is 0 Å². The molecule has 0 spiro atoms. The van der Waals surface area contributed by atoms with E-state index in [1.54, 1.807) is 6.21 Å². The number of rotatable bonds is 7. The molecule has 0 rings (SSSR count). The van der Waals surface area contributed by atoms with Gasteiger partial charge < -0.3 is 0 Å². The molecule has 1 nitrogen and oxygen atoms in total. The number of allylic oxidation sites excluding steroid dienone is 1. The molecule has 0 N–H and O–H groups in total. The first-order valence-electron chi connectivity index (χ1n) is 5.98. The zero-order valence-electron chi connectivity index (χ0n) is 10.8. The van der Waals surface area contributed by atoms with Gasteiger partial charge >= 0.3 is 0 Å². The molecule has 0 amide bonds. The van der Waals surface area contributed by atoms with E-state index in [0.29, 0.717) is 0 Å². The first-order valence-corrected chi connectivity index (χ1v) is 5.98. The highest BCUT2D eigenvalue weighted by atomic mass is 14.6. The van der Waals surface area contributed by atoms with Crippen LogP contribution in [0.2, 0.25) is 0 Å². The van der Waals surface area contributed by atoms with Crippen LogP contribution in [0.5, 0.6) is 0 Å². The smallest absolute Gasteiger partial charge is 0.0290 e. The lowest BCUT2D eigenvalue weighted by Gasteiger charge is -1.93. The van der Waals surface area contributed by atoms with Crippen LogP contribution >= 0.6 is 0 Å². The molecule has 1 heteroatoms. The van der Waals surface area contributed by atoms with E-state index in [4.69, 9.17) is 0 Å². The standard InChI is InChI=1S/C8H18.C6H9N/c1-3-5-7-8-6-4-2;1-4-7-5-6(2)3/h3-8H2,1-2H3;4-5H,1-2H2,3H3. The van der Waals surface area contributed by atoms with Crippen LogP contribution in [-0.4, -0.2) is 6.21 Å². The molecule has 0 aliphatic carbocycles. The topological polar surface area (TPSA) is 12.4 Å². The molecule has 0 aromatic carbocycles. The lowest BCUT2D eigenvalue weighted by molar-refractivity contribution is 0.624. The van der Waals surface area contributed by atoms with Crippen molar-refractivity contribution in [3.8, 4) is 0 Å². The van der Waals surface area contributed by atoms with Crippen molar-refractivity contribution in [2.45, 2.75) is 59.3 Å². The Labute approximate surface area is 96.0 Å². The van der Waals surface area contributed by atoms with Gasteiger partial charge in [-0.2, -0.15) is 0 Å². The van der Waals surface area contributed by atoms with Gasteiger partial charge in [0, 0.05) is 12.4 Å². The van der Waals surface area contributed by atoms with Crippen LogP contribution in [0.25, 0.3) is 0 Å². The molecule has 0 bridgehead atoms. The fraction of sp³-hybridized carbons (Fsp3) is 0.643. The Kier molecular flexibility index (Phi) is 17.3. The van der Waals surface area contributed by atoms with Crippen LogP contribution in [-0.2, 0) is 0 Å². The van der Waals surface area contributed by atoms with Crippen molar-refractivity contribution in [2.24, 2.45) is 4.99 Å². The summed E-state index contributed by atoms with van der Waals surface area (Å²) >= 11 is 0. The highest BCUT2D eigenvalue weighted by Crippen LogP contribution is 2.03. The van der Waals surface area contributed by atoms with E-state index < -0.39 is 0 Å². The summed E-state index contributed by atoms with van der Waals surface area (Å²) in [5.41, 5.74) is 0.944. The molecule has 0 atom stereocenters. The third kappa shape index (κ3) is 24.6. The summed E-state index contributed by atoms with van der Waals surface area (Å²) in [7, 11) is 0. The van der Waals surface area contributed by atoms with Gasteiger partial charge in [0.2, 0.25) is 0 Å². The summed E-state index contributed by atoms with van der Waals surface area (Å²) < 4.78 is 0. The summed E-state index contributed by atoms with van der Waals surface area (Å²) in [5.74, 6) is 0. The van der Waals surface area contributed by atoms with Crippen LogP contribution in [0.1, 0.15) is 59.3 Å². The fourth-order valence-electron chi connectivity index (χ4n) is 1.03. The summed E-state index contributed by atoms with van der Waals surface area (Å²) in [6, 6.07) is 0. The first kappa shape index (κ1) is 16.6. The Morgan fingerprint density at radius 2 is 1.53 bits per heavy atom. The molecule has 0 radical (unpaired) electrons. The largest absolute Gasteiger partial charge is 0.265 e. The molecule has 0 aliphatic heterocycles. The van der Waals surface area contributed by atoms with E-state index in [1.807, 2.05) is 6.92 Å². The van der Waals surface area contributed by atoms with E-state index in [9.17, 15) is 0 Å². The number of unbranched alkanes of at least 4 members (excludes halogenated alkanes) is 5. The predicted molar refractivity (Wildman–Crippen MR) is 72.6 cm³/mol. The highest BCUT2D eigenvalue weighted by Gasteiger charge is 1.83. The Morgan fingerprint density at radius 3 is 1.73 bits per heavy atom. The van der Waals surface area contributed by atoms with Gasteiger partial charge in [0.05, 0.1) is 0 Å². The average Bonchev–Trinajstić information content (AvgIpc) is 2.22. The molecule has 0 aliphatic rings. The van der Waals surface area contributed by atoms with Gasteiger partial charge in [0.1, 0.15) is 0 Å². The van der Waals surface area contributed by atoms with Gasteiger partial charge in [-0.3, -0.25) is 4.99 Å². The number of hydrogen-bond acceptors (Lipinski definition) is 1. The Balaban J connectivity index is 0. The summed E-state index contributed by atoms with van der Waals surface area (Å²) in [6.07, 6.45) is 11.6. The number of hydrogen-bond donors (Lipinski definition) is 0. The second-order valence-electron chi connectivity index (χ2n) is 3.72. The molecule has 0 saturated heterocycles. The highest BCUT2D eigenvalue weighted by molar-refractivity contribution is 5.76. The van der Waals surface area contributed by atoms with E-state index >= 15 is 0 Å². The van der Waals surface area contributed by atoms with E-state index in [0.717, 1.165) is 5.57 Å². The Hall–Kier alpha value is -0.850. The summed E-state index contributed by atoms with van der Waals surface area (Å²) in [6.45, 7) is 13.4. The maximum absolute atomic E-state index is 3.71. The van der Waals surface area contributed by atoms with Crippen molar-refractivity contribution in [2.75, 3.05) is 0 Å². The van der Waals surface area contributed by atoms with Crippen molar-refractivity contribution < 1.29 is 0 Å². The fourth-order valence-corrected chi connectivity index (χ4v) is 1.03. The molecule has 0 fully saturated rings. The van der Waals surface area contributed by atoms with Crippen molar-refractivity contribution in [3.63, 3.8) is 0 Å². The minimum atomic E-state index is 0.944. The maximum atomic E-state index is 3.71. The Bertz CT molecular complexity index is 162. The molecular weight excluding hydrogens is 182 g/mol. The molecule has 88 valence electrons. The molecular formula is C14H27N. The minimum Gasteiger partial charge on any atom is -0.265 e. The first-order chi connectivity index (χ1) is 7.18. The van der Waals surface area contributed by atoms with Crippen LogP contribution in [0.15, 0.2) is 29.9 Å². The summed E-state index contributed by atoms with van der Waals surface area (Å²) in [5, 5.41) is 0. The van der Waals surface area contributed by atoms with Crippen molar-refractivity contribution in [1.82, 2.24) is 0 Å². The molecule has 0 aromatic heterocycles. The van der Waals surface area contributed by atoms with E-state index in [-0.39, 0.29) is 0 Å². The summed E-state index contributed by atoms with van der Waals surface area (Å²) in [4.78, 5) is 3.71. The Morgan fingerprint density at radius 1 is 1.07 bits per heavy atom. The van der Waals surface area contributed by atoms with Gasteiger partial charge in [0.15, 0.2) is 0 Å². The van der Waals surface area contributed by atoms with Crippen molar-refractivity contribution in [3.05, 3.63) is 24.9 Å². The zero-order chi connectivity index (χ0) is 11.9. The van der Waals surface area contributed by atoms with Crippen LogP contribution in [0, 0.1) is 0 Å². The normalized spacial score (nSPS) is 9.53. The van der Waals surface area contributed by atoms with Gasteiger partial charge in [-0.25, -0.2) is 0 Å². The second-order valence-corrected chi connectivity index (χ2v) is 3.72. The monoisotopic (exact) mass is 209 g/mol. The van der Waals surface area contributed by atoms with Crippen molar-refractivity contribution in [1.29, 1.82) is 0 Å². The lowest BCUT2D eigenvalue weighted by Crippen LogP contribution is -1.73. The van der Waals surface area contributed by atoms with Gasteiger partial charge in [-0.1, -0.05) is 65.5 Å². The van der Waals surface area contributed by atoms with Crippen LogP contribution in [0.3, 0.4) is 0 Å². The van der Waals surface area contributed by atoms with Gasteiger partial charge in [-0.15, -0.1) is 0 Å². The van der Waals surface area contributed by atoms with Gasteiger partial charge in [-0.05, 0) is 12.5 Å². The van der Waals surface area contributed by atoms with Crippen LogP contribution < -0.4 is 0 Å². The molecule has 0 unspecified atom stereocenters. The lowest BCUT2D eigenvalue weighted by atomic mass is 10.1. The second kappa shape index (κ2) is 15.6. The molecule has 15 heavy (non-hydrogen) atoms. The molecule has 0 heterocycles. The third-order valence-corrected chi connectivity index (χ3v) is 1.86. The maximum Gasteiger partial charge on any atom is 0.0290 e. The predicted octanol–water partition coefficient (Wildman–Crippen LogP) is 5.14. The SMILES string of the molecule is C=CN=CC(=C)C.CCCCCCCC. The zero-order valence-corrected chi connectivity index (χ0v) is 10.8. The van der Waals surface area contributed by atoms with E-state index in [1.165, 1.54) is 44.7 Å². The minimum absolute atomic E-state index is 0.944. The molecule has 0 saturated carbocycles. The van der Waals surface area contributed by atoms with E-state index in [2.05, 4.69) is 32.0 Å². The quantitative estimate of drug-likeness (QED) is 0.406. The molecule has 0 aromatic rings. The number of aliphatic imine (C=N–C) groups is 1.